The van der Waals surface area contributed by atoms with Gasteiger partial charge in [0.25, 0.3) is 0 Å². The van der Waals surface area contributed by atoms with Gasteiger partial charge in [-0.3, -0.25) is 4.79 Å². The lowest BCUT2D eigenvalue weighted by molar-refractivity contribution is -0.138. The van der Waals surface area contributed by atoms with Crippen LogP contribution in [-0.2, 0) is 4.79 Å². The lowest BCUT2D eigenvalue weighted by atomic mass is 10.1. The number of carbonyl (C=O) groups is 1. The van der Waals surface area contributed by atoms with Gasteiger partial charge in [0.05, 0.1) is 5.69 Å². The minimum atomic E-state index is -1.08. The predicted molar refractivity (Wildman–Crippen MR) is 60.8 cm³/mol. The quantitative estimate of drug-likeness (QED) is 0.725. The van der Waals surface area contributed by atoms with Gasteiger partial charge < -0.3 is 16.6 Å². The highest BCUT2D eigenvalue weighted by atomic mass is 79.9. The van der Waals surface area contributed by atoms with Crippen molar-refractivity contribution in [1.82, 2.24) is 0 Å². The Morgan fingerprint density at radius 3 is 2.14 bits per heavy atom. The summed E-state index contributed by atoms with van der Waals surface area (Å²) in [5, 5.41) is 8.70. The van der Waals surface area contributed by atoms with Crippen LogP contribution < -0.4 is 11.5 Å². The third-order valence-electron chi connectivity index (χ3n) is 1.73. The number of aliphatic carboxylic acids is 1. The molecule has 0 amide bonds. The third kappa shape index (κ3) is 2.26. The van der Waals surface area contributed by atoms with Crippen LogP contribution in [0.15, 0.2) is 21.1 Å². The summed E-state index contributed by atoms with van der Waals surface area (Å²) >= 11 is 6.42. The summed E-state index contributed by atoms with van der Waals surface area (Å²) in [5.74, 6) is -1.08. The lowest BCUT2D eigenvalue weighted by Gasteiger charge is -2.10. The van der Waals surface area contributed by atoms with Crippen molar-refractivity contribution in [3.05, 3.63) is 26.6 Å². The molecule has 0 spiro atoms. The molecule has 0 saturated carbocycles. The van der Waals surface area contributed by atoms with E-state index in [1.165, 1.54) is 0 Å². The summed E-state index contributed by atoms with van der Waals surface area (Å²) in [6.45, 7) is 0. The van der Waals surface area contributed by atoms with Gasteiger partial charge in [0, 0.05) is 8.95 Å². The molecule has 6 heteroatoms. The molecule has 1 atom stereocenters. The zero-order chi connectivity index (χ0) is 10.9. The molecule has 0 bridgehead atoms. The molecule has 1 aromatic carbocycles. The number of rotatable bonds is 2. The molecule has 0 radical (unpaired) electrons. The molecule has 0 aliphatic rings. The predicted octanol–water partition coefficient (Wildman–Crippen LogP) is 1.88. The standard InChI is InChI=1S/C8H8Br2N2O2/c9-4-1-3(6(11)8(13)14)2-5(10)7(4)12/h1-2,6H,11-12H2,(H,13,14). The molecule has 1 rings (SSSR count). The van der Waals surface area contributed by atoms with Gasteiger partial charge >= 0.3 is 5.97 Å². The summed E-state index contributed by atoms with van der Waals surface area (Å²) in [7, 11) is 0. The fraction of sp³-hybridized carbons (Fsp3) is 0.125. The first kappa shape index (κ1) is 11.5. The van der Waals surface area contributed by atoms with Crippen molar-refractivity contribution < 1.29 is 9.90 Å². The molecule has 14 heavy (non-hydrogen) atoms. The fourth-order valence-corrected chi connectivity index (χ4v) is 2.15. The van der Waals surface area contributed by atoms with Crippen LogP contribution in [0.1, 0.15) is 11.6 Å². The molecule has 0 aliphatic heterocycles. The average molecular weight is 324 g/mol. The summed E-state index contributed by atoms with van der Waals surface area (Å²) in [6, 6.07) is 2.15. The van der Waals surface area contributed by atoms with Gasteiger partial charge in [-0.15, -0.1) is 0 Å². The van der Waals surface area contributed by atoms with Crippen LogP contribution in [-0.4, -0.2) is 11.1 Å². The van der Waals surface area contributed by atoms with Gasteiger partial charge in [-0.25, -0.2) is 0 Å². The van der Waals surface area contributed by atoms with E-state index in [0.29, 0.717) is 20.2 Å². The van der Waals surface area contributed by atoms with Crippen LogP contribution in [0.5, 0.6) is 0 Å². The van der Waals surface area contributed by atoms with E-state index in [-0.39, 0.29) is 0 Å². The first-order valence-electron chi connectivity index (χ1n) is 3.66. The Kier molecular flexibility index (Phi) is 3.52. The number of nitrogens with two attached hydrogens (primary N) is 2. The van der Waals surface area contributed by atoms with Crippen LogP contribution in [0.3, 0.4) is 0 Å². The number of benzene rings is 1. The van der Waals surface area contributed by atoms with Crippen LogP contribution in [0.25, 0.3) is 0 Å². The molecule has 0 aliphatic carbocycles. The molecule has 0 saturated heterocycles. The maximum absolute atomic E-state index is 10.6. The molecular weight excluding hydrogens is 316 g/mol. The Morgan fingerprint density at radius 1 is 1.36 bits per heavy atom. The summed E-state index contributed by atoms with van der Waals surface area (Å²) in [5.41, 5.74) is 12.1. The van der Waals surface area contributed by atoms with Crippen molar-refractivity contribution in [2.75, 3.05) is 5.73 Å². The number of hydrogen-bond donors (Lipinski definition) is 3. The average Bonchev–Trinajstić information content (AvgIpc) is 2.12. The molecular formula is C8H8Br2N2O2. The zero-order valence-corrected chi connectivity index (χ0v) is 10.2. The van der Waals surface area contributed by atoms with Gasteiger partial charge in [-0.2, -0.15) is 0 Å². The first-order valence-corrected chi connectivity index (χ1v) is 5.25. The highest BCUT2D eigenvalue weighted by molar-refractivity contribution is 9.11. The lowest BCUT2D eigenvalue weighted by Crippen LogP contribution is -2.20. The van der Waals surface area contributed by atoms with Crippen LogP contribution in [0, 0.1) is 0 Å². The van der Waals surface area contributed by atoms with E-state index in [4.69, 9.17) is 16.6 Å². The van der Waals surface area contributed by atoms with Crippen molar-refractivity contribution in [2.24, 2.45) is 5.73 Å². The van der Waals surface area contributed by atoms with Gasteiger partial charge in [-0.1, -0.05) is 0 Å². The fourth-order valence-electron chi connectivity index (χ4n) is 0.926. The second kappa shape index (κ2) is 4.29. The largest absolute Gasteiger partial charge is 0.480 e. The molecule has 0 fully saturated rings. The van der Waals surface area contributed by atoms with Gasteiger partial charge in [0.2, 0.25) is 0 Å². The topological polar surface area (TPSA) is 89.3 Å². The second-order valence-corrected chi connectivity index (χ2v) is 4.42. The highest BCUT2D eigenvalue weighted by Gasteiger charge is 2.16. The smallest absolute Gasteiger partial charge is 0.325 e. The Bertz CT molecular complexity index is 359. The second-order valence-electron chi connectivity index (χ2n) is 2.71. The van der Waals surface area contributed by atoms with Gasteiger partial charge in [-0.05, 0) is 49.6 Å². The SMILES string of the molecule is Nc1c(Br)cc(C(N)C(=O)O)cc1Br. The summed E-state index contributed by atoms with van der Waals surface area (Å²) in [4.78, 5) is 10.6. The Labute approximate surface area is 97.5 Å². The van der Waals surface area contributed by atoms with E-state index < -0.39 is 12.0 Å². The maximum atomic E-state index is 10.6. The van der Waals surface area contributed by atoms with Crippen molar-refractivity contribution in [3.63, 3.8) is 0 Å². The van der Waals surface area contributed by atoms with Crippen LogP contribution in [0.2, 0.25) is 0 Å². The van der Waals surface area contributed by atoms with Crippen molar-refractivity contribution in [3.8, 4) is 0 Å². The van der Waals surface area contributed by atoms with E-state index in [1.54, 1.807) is 12.1 Å². The van der Waals surface area contributed by atoms with Crippen molar-refractivity contribution in [1.29, 1.82) is 0 Å². The molecule has 76 valence electrons. The van der Waals surface area contributed by atoms with E-state index >= 15 is 0 Å². The van der Waals surface area contributed by atoms with Crippen molar-refractivity contribution in [2.45, 2.75) is 6.04 Å². The van der Waals surface area contributed by atoms with E-state index in [1.807, 2.05) is 0 Å². The third-order valence-corrected chi connectivity index (χ3v) is 3.04. The summed E-state index contributed by atoms with van der Waals surface area (Å²) in [6.07, 6.45) is 0. The Balaban J connectivity index is 3.19. The summed E-state index contributed by atoms with van der Waals surface area (Å²) < 4.78 is 1.25. The number of hydrogen-bond acceptors (Lipinski definition) is 3. The molecule has 0 aromatic heterocycles. The number of carboxylic acid groups (broad SMARTS) is 1. The molecule has 1 unspecified atom stereocenters. The normalized spacial score (nSPS) is 12.5. The molecule has 4 nitrogen and oxygen atoms in total. The Hall–Kier alpha value is -0.590. The van der Waals surface area contributed by atoms with E-state index in [9.17, 15) is 4.79 Å². The molecule has 1 aromatic rings. The van der Waals surface area contributed by atoms with Gasteiger partial charge in [0.1, 0.15) is 6.04 Å². The molecule has 0 heterocycles. The number of carboxylic acids is 1. The minimum Gasteiger partial charge on any atom is -0.480 e. The Morgan fingerprint density at radius 2 is 1.79 bits per heavy atom. The van der Waals surface area contributed by atoms with E-state index in [0.717, 1.165) is 0 Å². The van der Waals surface area contributed by atoms with Crippen LogP contribution >= 0.6 is 31.9 Å². The van der Waals surface area contributed by atoms with Gasteiger partial charge in [0.15, 0.2) is 0 Å². The zero-order valence-electron chi connectivity index (χ0n) is 7.00. The van der Waals surface area contributed by atoms with Crippen LogP contribution in [0.4, 0.5) is 5.69 Å². The molecule has 5 N–H and O–H groups in total. The number of halogens is 2. The highest BCUT2D eigenvalue weighted by Crippen LogP contribution is 2.31. The van der Waals surface area contributed by atoms with E-state index in [2.05, 4.69) is 31.9 Å². The monoisotopic (exact) mass is 322 g/mol. The maximum Gasteiger partial charge on any atom is 0.325 e. The minimum absolute atomic E-state index is 0.491. The van der Waals surface area contributed by atoms with Crippen molar-refractivity contribution >= 4 is 43.5 Å². The first-order chi connectivity index (χ1) is 6.43. The number of nitrogen functional groups attached to an aromatic ring is 1. The number of anilines is 1.